The van der Waals surface area contributed by atoms with Crippen LogP contribution in [0, 0.1) is 0 Å². The molecule has 1 heterocycles. The van der Waals surface area contributed by atoms with Gasteiger partial charge in [-0.2, -0.15) is 0 Å². The molecule has 0 spiro atoms. The number of rotatable bonds is 3. The normalized spacial score (nSPS) is 14.2. The van der Waals surface area contributed by atoms with Crippen LogP contribution in [0.15, 0.2) is 40.9 Å². The van der Waals surface area contributed by atoms with Crippen molar-refractivity contribution in [1.82, 2.24) is 5.16 Å². The van der Waals surface area contributed by atoms with Crippen LogP contribution in [0.3, 0.4) is 0 Å². The van der Waals surface area contributed by atoms with Gasteiger partial charge in [-0.1, -0.05) is 23.4 Å². The Bertz CT molecular complexity index is 546. The van der Waals surface area contributed by atoms with Crippen molar-refractivity contribution in [3.63, 3.8) is 0 Å². The van der Waals surface area contributed by atoms with Gasteiger partial charge >= 0.3 is 6.09 Å². The maximum absolute atomic E-state index is 11.6. The van der Waals surface area contributed by atoms with E-state index in [-0.39, 0.29) is 0 Å². The molecule has 2 aromatic rings. The third-order valence-corrected chi connectivity index (χ3v) is 2.70. The fourth-order valence-electron chi connectivity index (χ4n) is 1.64. The van der Waals surface area contributed by atoms with E-state index in [0.29, 0.717) is 17.6 Å². The highest BCUT2D eigenvalue weighted by Gasteiger charge is 2.27. The first-order valence-corrected chi connectivity index (χ1v) is 5.82. The number of carbonyl (C=O) groups is 1. The maximum atomic E-state index is 11.6. The molecule has 1 aliphatic carbocycles. The zero-order valence-electron chi connectivity index (χ0n) is 9.63. The van der Waals surface area contributed by atoms with Crippen LogP contribution in [0.5, 0.6) is 5.75 Å². The van der Waals surface area contributed by atoms with Gasteiger partial charge in [0.05, 0.1) is 5.69 Å². The minimum absolute atomic E-state index is 0.317. The van der Waals surface area contributed by atoms with Crippen LogP contribution in [0.1, 0.15) is 24.5 Å². The van der Waals surface area contributed by atoms with Gasteiger partial charge in [-0.15, -0.1) is 0 Å². The number of ether oxygens (including phenoxy) is 1. The molecule has 0 atom stereocenters. The van der Waals surface area contributed by atoms with Gasteiger partial charge in [0, 0.05) is 12.0 Å². The van der Waals surface area contributed by atoms with Crippen LogP contribution in [0.25, 0.3) is 0 Å². The number of hydrogen-bond donors (Lipinski definition) is 1. The second kappa shape index (κ2) is 4.52. The molecule has 1 aromatic carbocycles. The van der Waals surface area contributed by atoms with Crippen molar-refractivity contribution in [2.45, 2.75) is 18.8 Å². The van der Waals surface area contributed by atoms with Crippen LogP contribution in [0.4, 0.5) is 10.7 Å². The molecule has 0 radical (unpaired) electrons. The highest BCUT2D eigenvalue weighted by Crippen LogP contribution is 2.40. The van der Waals surface area contributed by atoms with Crippen molar-refractivity contribution in [3.8, 4) is 5.75 Å². The number of carbonyl (C=O) groups excluding carboxylic acids is 1. The van der Waals surface area contributed by atoms with Gasteiger partial charge in [0.1, 0.15) is 5.75 Å². The Kier molecular flexibility index (Phi) is 2.72. The van der Waals surface area contributed by atoms with Gasteiger partial charge in [-0.05, 0) is 25.0 Å². The van der Waals surface area contributed by atoms with Gasteiger partial charge in [0.2, 0.25) is 5.88 Å². The zero-order valence-corrected chi connectivity index (χ0v) is 9.63. The molecule has 92 valence electrons. The fraction of sp³-hybridized carbons (Fsp3) is 0.231. The van der Waals surface area contributed by atoms with Gasteiger partial charge in [-0.3, -0.25) is 5.32 Å². The summed E-state index contributed by atoms with van der Waals surface area (Å²) < 4.78 is 10.1. The maximum Gasteiger partial charge on any atom is 0.419 e. The quantitative estimate of drug-likeness (QED) is 0.900. The summed E-state index contributed by atoms with van der Waals surface area (Å²) in [4.78, 5) is 11.6. The molecule has 5 nitrogen and oxygen atoms in total. The van der Waals surface area contributed by atoms with Gasteiger partial charge < -0.3 is 9.26 Å². The van der Waals surface area contributed by atoms with E-state index in [1.807, 2.05) is 6.07 Å². The van der Waals surface area contributed by atoms with Crippen molar-refractivity contribution in [3.05, 3.63) is 42.1 Å². The Morgan fingerprint density at radius 1 is 1.33 bits per heavy atom. The molecule has 1 aliphatic rings. The molecular formula is C13H12N2O3. The molecule has 1 N–H and O–H groups in total. The summed E-state index contributed by atoms with van der Waals surface area (Å²) in [6.07, 6.45) is 1.70. The van der Waals surface area contributed by atoms with E-state index in [1.165, 1.54) is 0 Å². The molecule has 3 rings (SSSR count). The lowest BCUT2D eigenvalue weighted by atomic mass is 10.3. The number of benzene rings is 1. The van der Waals surface area contributed by atoms with E-state index in [1.54, 1.807) is 30.3 Å². The first-order chi connectivity index (χ1) is 8.81. The highest BCUT2D eigenvalue weighted by molar-refractivity contribution is 5.84. The summed E-state index contributed by atoms with van der Waals surface area (Å²) in [6.45, 7) is 0. The van der Waals surface area contributed by atoms with Crippen LogP contribution in [0.2, 0.25) is 0 Å². The lowest BCUT2D eigenvalue weighted by Gasteiger charge is -2.02. The molecule has 0 aliphatic heterocycles. The molecule has 0 unspecified atom stereocenters. The Morgan fingerprint density at radius 3 is 2.83 bits per heavy atom. The molecule has 0 saturated heterocycles. The number of aromatic nitrogens is 1. The molecular weight excluding hydrogens is 232 g/mol. The van der Waals surface area contributed by atoms with Crippen LogP contribution in [-0.2, 0) is 0 Å². The predicted octanol–water partition coefficient (Wildman–Crippen LogP) is 3.16. The van der Waals surface area contributed by atoms with E-state index < -0.39 is 6.09 Å². The minimum atomic E-state index is -0.584. The second-order valence-electron chi connectivity index (χ2n) is 4.22. The van der Waals surface area contributed by atoms with Crippen molar-refractivity contribution >= 4 is 12.0 Å². The number of anilines is 1. The van der Waals surface area contributed by atoms with Gasteiger partial charge in [0.15, 0.2) is 0 Å². The average Bonchev–Trinajstić information content (AvgIpc) is 3.12. The second-order valence-corrected chi connectivity index (χ2v) is 4.22. The molecule has 18 heavy (non-hydrogen) atoms. The van der Waals surface area contributed by atoms with E-state index in [0.717, 1.165) is 18.5 Å². The van der Waals surface area contributed by atoms with E-state index in [4.69, 9.17) is 9.26 Å². The largest absolute Gasteiger partial charge is 0.419 e. The van der Waals surface area contributed by atoms with Crippen molar-refractivity contribution in [1.29, 1.82) is 0 Å². The van der Waals surface area contributed by atoms with Gasteiger partial charge in [-0.25, -0.2) is 4.79 Å². The first kappa shape index (κ1) is 10.8. The van der Waals surface area contributed by atoms with Gasteiger partial charge in [0.25, 0.3) is 0 Å². The van der Waals surface area contributed by atoms with Crippen LogP contribution in [-0.4, -0.2) is 11.2 Å². The number of nitrogens with one attached hydrogen (secondary N) is 1. The Balaban J connectivity index is 1.59. The Hall–Kier alpha value is -2.30. The lowest BCUT2D eigenvalue weighted by Crippen LogP contribution is -2.16. The Labute approximate surface area is 104 Å². The first-order valence-electron chi connectivity index (χ1n) is 5.82. The number of hydrogen-bond acceptors (Lipinski definition) is 4. The third-order valence-electron chi connectivity index (χ3n) is 2.70. The summed E-state index contributed by atoms with van der Waals surface area (Å²) >= 11 is 0. The molecule has 1 amide bonds. The summed E-state index contributed by atoms with van der Waals surface area (Å²) in [5.74, 6) is 1.30. The van der Waals surface area contributed by atoms with Crippen LogP contribution >= 0.6 is 0 Å². The molecule has 1 saturated carbocycles. The molecule has 5 heteroatoms. The van der Waals surface area contributed by atoms with E-state index in [9.17, 15) is 4.79 Å². The SMILES string of the molecule is O=C(Nc1cc(C2CC2)no1)Oc1ccccc1. The van der Waals surface area contributed by atoms with Crippen molar-refractivity contribution < 1.29 is 14.1 Å². The van der Waals surface area contributed by atoms with Crippen molar-refractivity contribution in [2.24, 2.45) is 0 Å². The van der Waals surface area contributed by atoms with Crippen molar-refractivity contribution in [2.75, 3.05) is 5.32 Å². The smallest absolute Gasteiger partial charge is 0.410 e. The van der Waals surface area contributed by atoms with Crippen LogP contribution < -0.4 is 10.1 Å². The fourth-order valence-corrected chi connectivity index (χ4v) is 1.64. The number of para-hydroxylation sites is 1. The van der Waals surface area contributed by atoms with E-state index >= 15 is 0 Å². The summed E-state index contributed by atoms with van der Waals surface area (Å²) in [5, 5.41) is 6.40. The number of amides is 1. The molecule has 1 fully saturated rings. The average molecular weight is 244 g/mol. The number of nitrogens with zero attached hydrogens (tertiary/aromatic N) is 1. The predicted molar refractivity (Wildman–Crippen MR) is 64.6 cm³/mol. The highest BCUT2D eigenvalue weighted by atomic mass is 16.6. The molecule has 1 aromatic heterocycles. The Morgan fingerprint density at radius 2 is 2.11 bits per heavy atom. The minimum Gasteiger partial charge on any atom is -0.410 e. The summed E-state index contributed by atoms with van der Waals surface area (Å²) in [7, 11) is 0. The standard InChI is InChI=1S/C13H12N2O3/c16-13(17-10-4-2-1-3-5-10)14-12-8-11(15-18-12)9-6-7-9/h1-5,8-9H,6-7H2,(H,14,16). The molecule has 0 bridgehead atoms. The topological polar surface area (TPSA) is 64.4 Å². The zero-order chi connectivity index (χ0) is 12.4. The summed E-state index contributed by atoms with van der Waals surface area (Å²) in [5.41, 5.74) is 0.894. The monoisotopic (exact) mass is 244 g/mol. The van der Waals surface area contributed by atoms with E-state index in [2.05, 4.69) is 10.5 Å². The third kappa shape index (κ3) is 2.51. The summed E-state index contributed by atoms with van der Waals surface area (Å²) in [6, 6.07) is 10.6. The lowest BCUT2D eigenvalue weighted by molar-refractivity contribution is 0.214.